The number of aromatic hydroxyl groups is 4. The first-order valence-electron chi connectivity index (χ1n) is 26.8. The van der Waals surface area contributed by atoms with E-state index in [0.29, 0.717) is 32.7 Å². The van der Waals surface area contributed by atoms with Crippen molar-refractivity contribution >= 4 is 54.5 Å². The van der Waals surface area contributed by atoms with Gasteiger partial charge in [0.2, 0.25) is 0 Å². The first-order valence-corrected chi connectivity index (χ1v) is 26.8. The molecule has 1 saturated carbocycles. The second-order valence-electron chi connectivity index (χ2n) is 19.9. The molecule has 0 atom stereocenters. The highest BCUT2D eigenvalue weighted by Crippen LogP contribution is 2.58. The molecule has 1 aliphatic rings. The highest BCUT2D eigenvalue weighted by molar-refractivity contribution is 6.19. The third-order valence-electron chi connectivity index (χ3n) is 15.1. The molecule has 6 aromatic rings. The summed E-state index contributed by atoms with van der Waals surface area (Å²) in [5.74, 6) is -2.40. The summed E-state index contributed by atoms with van der Waals surface area (Å²) in [5.41, 5.74) is 2.60. The van der Waals surface area contributed by atoms with E-state index < -0.39 is 24.0 Å². The van der Waals surface area contributed by atoms with Crippen molar-refractivity contribution in [3.8, 4) is 23.0 Å². The predicted octanol–water partition coefficient (Wildman–Crippen LogP) is 14.0. The normalized spacial score (nSPS) is 17.1. The van der Waals surface area contributed by atoms with E-state index in [-0.39, 0.29) is 23.0 Å². The summed E-state index contributed by atoms with van der Waals surface area (Å²) in [7, 11) is 0. The van der Waals surface area contributed by atoms with E-state index in [0.717, 1.165) is 136 Å². The lowest BCUT2D eigenvalue weighted by molar-refractivity contribution is -0.535. The van der Waals surface area contributed by atoms with Gasteiger partial charge in [0.05, 0.1) is 11.4 Å². The highest BCUT2D eigenvalue weighted by Gasteiger charge is 2.44. The van der Waals surface area contributed by atoms with E-state index in [1.807, 2.05) is 48.5 Å². The molecular formula is C60H80N2O6-2. The number of nitrogens with zero attached hydrogens (tertiary/aromatic N) is 2. The van der Waals surface area contributed by atoms with Crippen molar-refractivity contribution in [3.05, 3.63) is 83.9 Å². The summed E-state index contributed by atoms with van der Waals surface area (Å²) in [5, 5.41) is 83.6. The van der Waals surface area contributed by atoms with Crippen LogP contribution in [-0.2, 0) is 0 Å². The van der Waals surface area contributed by atoms with Gasteiger partial charge in [0.15, 0.2) is 0 Å². The van der Waals surface area contributed by atoms with Crippen LogP contribution in [0.15, 0.2) is 72.8 Å². The molecule has 1 fully saturated rings. The molecule has 8 heteroatoms. The maximum atomic E-state index is 15.5. The lowest BCUT2D eigenvalue weighted by Gasteiger charge is -2.62. The van der Waals surface area contributed by atoms with Crippen LogP contribution in [0.2, 0.25) is 0 Å². The molecule has 368 valence electrons. The SMILES string of the molecule is CCCCCCCN(CCCCCCC)c1c2cccc(O)c2c(C2C([O-])C(c3c4c(O)cccc4c(N(CCCCCCC)CCCCCCC)c4cccc(O)c34)C2[O-])c2c(O)cccc12. The van der Waals surface area contributed by atoms with E-state index in [4.69, 9.17) is 0 Å². The van der Waals surface area contributed by atoms with Crippen LogP contribution in [0.4, 0.5) is 11.4 Å². The fraction of sp³-hybridized carbons (Fsp3) is 0.533. The molecular weight excluding hydrogens is 845 g/mol. The second-order valence-corrected chi connectivity index (χ2v) is 19.9. The van der Waals surface area contributed by atoms with E-state index in [9.17, 15) is 20.4 Å². The van der Waals surface area contributed by atoms with Crippen molar-refractivity contribution in [2.24, 2.45) is 0 Å². The van der Waals surface area contributed by atoms with Crippen molar-refractivity contribution in [1.82, 2.24) is 0 Å². The standard InChI is InChI=1S/C60H80N2O6/c1-5-9-13-17-21-37-61(38-22-18-14-10-6-2)57-41-29-25-33-45(63)49(41)53(50-42(57)30-26-34-46(50)64)55-59(67)56(60(55)68)54-51-43(31-27-35-47(51)65)58(44-32-28-36-48(66)52(44)54)62(39-23-19-15-11-7-3)40-24-20-16-12-8-4/h25-36,55-56,59-60,63-66H,5-24,37-40H2,1-4H3/q-2. The van der Waals surface area contributed by atoms with E-state index >= 15 is 10.2 Å². The monoisotopic (exact) mass is 925 g/mol. The first-order chi connectivity index (χ1) is 33.2. The Morgan fingerprint density at radius 1 is 0.353 bits per heavy atom. The number of fused-ring (bicyclic) bond motifs is 4. The Balaban J connectivity index is 1.37. The van der Waals surface area contributed by atoms with Crippen LogP contribution in [-0.4, -0.2) is 58.8 Å². The summed E-state index contributed by atoms with van der Waals surface area (Å²) < 4.78 is 0. The third-order valence-corrected chi connectivity index (χ3v) is 15.1. The van der Waals surface area contributed by atoms with Gasteiger partial charge in [-0.15, -0.1) is 12.2 Å². The van der Waals surface area contributed by atoms with Gasteiger partial charge in [0, 0.05) is 69.3 Å². The van der Waals surface area contributed by atoms with Crippen LogP contribution in [0.25, 0.3) is 43.1 Å². The van der Waals surface area contributed by atoms with Crippen molar-refractivity contribution in [1.29, 1.82) is 0 Å². The Morgan fingerprint density at radius 3 is 0.824 bits per heavy atom. The minimum absolute atomic E-state index is 0.0300. The summed E-state index contributed by atoms with van der Waals surface area (Å²) in [6.07, 6.45) is 19.5. The van der Waals surface area contributed by atoms with Crippen LogP contribution >= 0.6 is 0 Å². The average molecular weight is 925 g/mol. The minimum Gasteiger partial charge on any atom is -0.851 e. The van der Waals surface area contributed by atoms with Crippen molar-refractivity contribution in [3.63, 3.8) is 0 Å². The maximum Gasteiger partial charge on any atom is 0.123 e. The molecule has 0 spiro atoms. The summed E-state index contributed by atoms with van der Waals surface area (Å²) in [6, 6.07) is 21.8. The van der Waals surface area contributed by atoms with Gasteiger partial charge in [-0.25, -0.2) is 0 Å². The van der Waals surface area contributed by atoms with E-state index in [1.165, 1.54) is 51.4 Å². The first kappa shape index (κ1) is 50.9. The van der Waals surface area contributed by atoms with Crippen molar-refractivity contribution in [2.45, 2.75) is 180 Å². The number of phenols is 4. The van der Waals surface area contributed by atoms with Crippen molar-refractivity contribution in [2.75, 3.05) is 36.0 Å². The quantitative estimate of drug-likeness (QED) is 0.0282. The number of rotatable bonds is 28. The molecule has 0 amide bonds. The van der Waals surface area contributed by atoms with E-state index in [2.05, 4.69) is 37.5 Å². The Hall–Kier alpha value is -4.92. The zero-order chi connectivity index (χ0) is 48.2. The van der Waals surface area contributed by atoms with Crippen LogP contribution in [0, 0.1) is 0 Å². The zero-order valence-corrected chi connectivity index (χ0v) is 41.7. The summed E-state index contributed by atoms with van der Waals surface area (Å²) in [4.78, 5) is 4.84. The average Bonchev–Trinajstić information content (AvgIpc) is 3.33. The molecule has 0 aliphatic heterocycles. The van der Waals surface area contributed by atoms with Crippen LogP contribution in [0.5, 0.6) is 23.0 Å². The van der Waals surface area contributed by atoms with Gasteiger partial charge in [0.1, 0.15) is 23.0 Å². The number of unbranched alkanes of at least 4 members (excludes halogenated alkanes) is 16. The Morgan fingerprint density at radius 2 is 0.588 bits per heavy atom. The Bertz CT molecular complexity index is 2230. The molecule has 0 bridgehead atoms. The highest BCUT2D eigenvalue weighted by atomic mass is 16.3. The molecule has 0 unspecified atom stereocenters. The van der Waals surface area contributed by atoms with Gasteiger partial charge in [-0.05, 0) is 72.9 Å². The van der Waals surface area contributed by atoms with Crippen LogP contribution < -0.4 is 20.0 Å². The smallest absolute Gasteiger partial charge is 0.123 e. The summed E-state index contributed by atoms with van der Waals surface area (Å²) >= 11 is 0. The number of hydrogen-bond donors (Lipinski definition) is 4. The Labute approximate surface area is 406 Å². The minimum atomic E-state index is -1.52. The Kier molecular flexibility index (Phi) is 18.4. The number of phenolic OH excluding ortho intramolecular Hbond substituents is 4. The fourth-order valence-corrected chi connectivity index (χ4v) is 11.6. The predicted molar refractivity (Wildman–Crippen MR) is 282 cm³/mol. The topological polar surface area (TPSA) is 134 Å². The molecule has 0 aromatic heterocycles. The van der Waals surface area contributed by atoms with Gasteiger partial charge in [-0.2, -0.15) is 0 Å². The zero-order valence-electron chi connectivity index (χ0n) is 41.7. The third kappa shape index (κ3) is 10.8. The summed E-state index contributed by atoms with van der Waals surface area (Å²) in [6.45, 7) is 12.1. The maximum absolute atomic E-state index is 15.5. The molecule has 8 nitrogen and oxygen atoms in total. The number of hydrogen-bond acceptors (Lipinski definition) is 8. The fourth-order valence-electron chi connectivity index (χ4n) is 11.6. The molecule has 1 aliphatic carbocycles. The molecule has 4 N–H and O–H groups in total. The van der Waals surface area contributed by atoms with Gasteiger partial charge in [-0.1, -0.05) is 179 Å². The van der Waals surface area contributed by atoms with Crippen molar-refractivity contribution < 1.29 is 30.6 Å². The largest absolute Gasteiger partial charge is 0.851 e. The molecule has 0 heterocycles. The van der Waals surface area contributed by atoms with Crippen LogP contribution in [0.3, 0.4) is 0 Å². The van der Waals surface area contributed by atoms with E-state index in [1.54, 1.807) is 24.3 Å². The molecule has 6 aromatic carbocycles. The molecule has 68 heavy (non-hydrogen) atoms. The van der Waals surface area contributed by atoms with Gasteiger partial charge >= 0.3 is 0 Å². The second kappa shape index (κ2) is 24.6. The molecule has 0 saturated heterocycles. The van der Waals surface area contributed by atoms with Gasteiger partial charge in [-0.3, -0.25) is 0 Å². The molecule has 0 radical (unpaired) electrons. The molecule has 7 rings (SSSR count). The number of benzene rings is 6. The lowest BCUT2D eigenvalue weighted by Crippen LogP contribution is -2.63. The van der Waals surface area contributed by atoms with Gasteiger partial charge in [0.25, 0.3) is 0 Å². The number of anilines is 2. The van der Waals surface area contributed by atoms with Gasteiger partial charge < -0.3 is 40.4 Å². The van der Waals surface area contributed by atoms with Crippen LogP contribution in [0.1, 0.15) is 179 Å². The lowest BCUT2D eigenvalue weighted by atomic mass is 9.60.